The van der Waals surface area contributed by atoms with E-state index in [-0.39, 0.29) is 5.78 Å². The molecule has 16 heavy (non-hydrogen) atoms. The van der Waals surface area contributed by atoms with Crippen molar-refractivity contribution in [2.45, 2.75) is 58.0 Å². The molecule has 4 nitrogen and oxygen atoms in total. The molecule has 0 saturated carbocycles. The highest BCUT2D eigenvalue weighted by Gasteiger charge is 2.16. The molecule has 0 unspecified atom stereocenters. The Balaban J connectivity index is 3.41. The first-order chi connectivity index (χ1) is 7.45. The number of nitrogens with zero attached hydrogens (tertiary/aromatic N) is 3. The van der Waals surface area contributed by atoms with Crippen molar-refractivity contribution in [2.24, 2.45) is 5.11 Å². The molecule has 0 aliphatic rings. The monoisotopic (exact) mass is 229 g/mol. The number of ketones is 1. The van der Waals surface area contributed by atoms with E-state index in [2.05, 4.69) is 10.0 Å². The van der Waals surface area contributed by atoms with Crippen molar-refractivity contribution in [2.75, 3.05) is 6.54 Å². The lowest BCUT2D eigenvalue weighted by Gasteiger charge is -2.12. The van der Waals surface area contributed by atoms with Crippen molar-refractivity contribution in [3.05, 3.63) is 10.4 Å². The second kappa shape index (κ2) is 8.11. The van der Waals surface area contributed by atoms with Gasteiger partial charge < -0.3 is 0 Å². The van der Waals surface area contributed by atoms with Crippen LogP contribution in [-0.2, 0) is 4.79 Å². The third-order valence-corrected chi connectivity index (χ3v) is 2.28. The molecule has 0 bridgehead atoms. The van der Waals surface area contributed by atoms with Crippen LogP contribution in [0.5, 0.6) is 0 Å². The molecule has 0 fully saturated rings. The van der Waals surface area contributed by atoms with Gasteiger partial charge >= 0.3 is 0 Å². The Morgan fingerprint density at radius 1 is 1.31 bits per heavy atom. The van der Waals surface area contributed by atoms with Gasteiger partial charge in [-0.2, -0.15) is 0 Å². The summed E-state index contributed by atoms with van der Waals surface area (Å²) >= 11 is 0. The maximum absolute atomic E-state index is 13.1. The number of Topliss-reactive ketones (excluding diaryl/α,β-unsaturated/α-hetero) is 1. The van der Waals surface area contributed by atoms with Crippen LogP contribution in [0.1, 0.15) is 52.4 Å². The summed E-state index contributed by atoms with van der Waals surface area (Å²) in [4.78, 5) is 14.0. The zero-order valence-corrected chi connectivity index (χ0v) is 10.1. The summed E-state index contributed by atoms with van der Waals surface area (Å²) in [6.07, 6.45) is 3.61. The lowest BCUT2D eigenvalue weighted by molar-refractivity contribution is -0.119. The van der Waals surface area contributed by atoms with E-state index >= 15 is 0 Å². The summed E-state index contributed by atoms with van der Waals surface area (Å²) in [6, 6.07) is 0. The van der Waals surface area contributed by atoms with Gasteiger partial charge in [0, 0.05) is 24.3 Å². The molecule has 0 atom stereocenters. The van der Waals surface area contributed by atoms with E-state index in [1.165, 1.54) is 13.8 Å². The van der Waals surface area contributed by atoms with E-state index in [0.717, 1.165) is 19.3 Å². The van der Waals surface area contributed by atoms with E-state index in [0.29, 0.717) is 25.8 Å². The Hall–Kier alpha value is -1.09. The highest BCUT2D eigenvalue weighted by molar-refractivity contribution is 5.78. The van der Waals surface area contributed by atoms with Crippen LogP contribution in [0.25, 0.3) is 10.4 Å². The van der Waals surface area contributed by atoms with Crippen LogP contribution in [0.2, 0.25) is 0 Å². The fourth-order valence-corrected chi connectivity index (χ4v) is 1.29. The van der Waals surface area contributed by atoms with Crippen LogP contribution >= 0.6 is 0 Å². The van der Waals surface area contributed by atoms with E-state index in [4.69, 9.17) is 5.53 Å². The molecule has 0 rings (SSSR count). The summed E-state index contributed by atoms with van der Waals surface area (Å²) in [5, 5.41) is 3.40. The zero-order valence-electron chi connectivity index (χ0n) is 10.1. The summed E-state index contributed by atoms with van der Waals surface area (Å²) in [5.74, 6) is 0.120. The molecule has 0 aromatic rings. The minimum atomic E-state index is -1.25. The molecule has 92 valence electrons. The van der Waals surface area contributed by atoms with Crippen LogP contribution in [-0.4, -0.2) is 18.0 Å². The van der Waals surface area contributed by atoms with Crippen molar-refractivity contribution in [1.29, 1.82) is 0 Å². The zero-order chi connectivity index (χ0) is 12.4. The van der Waals surface area contributed by atoms with Gasteiger partial charge in [-0.3, -0.25) is 4.79 Å². The predicted molar refractivity (Wildman–Crippen MR) is 61.9 cm³/mol. The first-order valence-electron chi connectivity index (χ1n) is 5.67. The summed E-state index contributed by atoms with van der Waals surface area (Å²) < 4.78 is 13.1. The second-order valence-corrected chi connectivity index (χ2v) is 4.52. The first kappa shape index (κ1) is 14.9. The van der Waals surface area contributed by atoms with Gasteiger partial charge in [-0.05, 0) is 38.6 Å². The van der Waals surface area contributed by atoms with Crippen LogP contribution in [0, 0.1) is 0 Å². The lowest BCUT2D eigenvalue weighted by Crippen LogP contribution is -2.14. The standard InChI is InChI=1S/C11H20FN3O/c1-11(2,12)8-7-10(16)6-4-3-5-9-14-15-13/h3-9H2,1-2H3. The van der Waals surface area contributed by atoms with Gasteiger partial charge in [0.2, 0.25) is 0 Å². The molecule has 0 spiro atoms. The summed E-state index contributed by atoms with van der Waals surface area (Å²) in [6.45, 7) is 3.46. The molecular weight excluding hydrogens is 209 g/mol. The van der Waals surface area contributed by atoms with Gasteiger partial charge in [-0.25, -0.2) is 4.39 Å². The normalized spacial score (nSPS) is 10.9. The Bertz CT molecular complexity index is 254. The number of carbonyl (C=O) groups is 1. The number of unbranched alkanes of at least 4 members (excludes halogenated alkanes) is 2. The largest absolute Gasteiger partial charge is 0.300 e. The van der Waals surface area contributed by atoms with Crippen LogP contribution in [0.4, 0.5) is 4.39 Å². The molecule has 0 aromatic heterocycles. The van der Waals surface area contributed by atoms with Gasteiger partial charge in [-0.15, -0.1) is 0 Å². The molecule has 0 radical (unpaired) electrons. The minimum absolute atomic E-state index is 0.120. The SMILES string of the molecule is CC(C)(F)CCC(=O)CCCCCN=[N+]=[N-]. The Kier molecular flexibility index (Phi) is 7.56. The Morgan fingerprint density at radius 3 is 2.56 bits per heavy atom. The highest BCUT2D eigenvalue weighted by Crippen LogP contribution is 2.17. The average Bonchev–Trinajstić information content (AvgIpc) is 2.19. The Labute approximate surface area is 95.8 Å². The summed E-state index contributed by atoms with van der Waals surface area (Å²) in [7, 11) is 0. The van der Waals surface area contributed by atoms with E-state index in [1.807, 2.05) is 0 Å². The fraction of sp³-hybridized carbons (Fsp3) is 0.909. The van der Waals surface area contributed by atoms with Crippen molar-refractivity contribution < 1.29 is 9.18 Å². The van der Waals surface area contributed by atoms with Gasteiger partial charge in [0.15, 0.2) is 0 Å². The molecule has 0 aromatic carbocycles. The molecule has 0 aliphatic heterocycles. The van der Waals surface area contributed by atoms with Gasteiger partial charge in [0.25, 0.3) is 0 Å². The van der Waals surface area contributed by atoms with Crippen molar-refractivity contribution in [3.8, 4) is 0 Å². The average molecular weight is 229 g/mol. The number of carbonyl (C=O) groups excluding carboxylic acids is 1. The highest BCUT2D eigenvalue weighted by atomic mass is 19.1. The maximum atomic E-state index is 13.1. The van der Waals surface area contributed by atoms with Crippen LogP contribution < -0.4 is 0 Å². The van der Waals surface area contributed by atoms with Crippen molar-refractivity contribution >= 4 is 5.78 Å². The van der Waals surface area contributed by atoms with Crippen LogP contribution in [0.15, 0.2) is 5.11 Å². The third-order valence-electron chi connectivity index (χ3n) is 2.28. The first-order valence-corrected chi connectivity index (χ1v) is 5.67. The van der Waals surface area contributed by atoms with Gasteiger partial charge in [0.05, 0.1) is 0 Å². The molecular formula is C11H20FN3O. The topological polar surface area (TPSA) is 65.8 Å². The molecule has 0 heterocycles. The maximum Gasteiger partial charge on any atom is 0.133 e. The van der Waals surface area contributed by atoms with E-state index < -0.39 is 5.67 Å². The summed E-state index contributed by atoms with van der Waals surface area (Å²) in [5.41, 5.74) is 6.77. The predicted octanol–water partition coefficient (Wildman–Crippen LogP) is 3.95. The molecule has 0 saturated heterocycles. The van der Waals surface area contributed by atoms with E-state index in [9.17, 15) is 9.18 Å². The smallest absolute Gasteiger partial charge is 0.133 e. The molecule has 0 amide bonds. The minimum Gasteiger partial charge on any atom is -0.300 e. The number of alkyl halides is 1. The van der Waals surface area contributed by atoms with Gasteiger partial charge in [-0.1, -0.05) is 11.5 Å². The number of hydrogen-bond acceptors (Lipinski definition) is 2. The lowest BCUT2D eigenvalue weighted by atomic mass is 10.0. The molecule has 0 N–H and O–H groups in total. The fourth-order valence-electron chi connectivity index (χ4n) is 1.29. The van der Waals surface area contributed by atoms with Gasteiger partial charge in [0.1, 0.15) is 11.5 Å². The van der Waals surface area contributed by atoms with Crippen molar-refractivity contribution in [1.82, 2.24) is 0 Å². The Morgan fingerprint density at radius 2 is 2.00 bits per heavy atom. The second-order valence-electron chi connectivity index (χ2n) is 4.52. The number of azide groups is 1. The number of hydrogen-bond donors (Lipinski definition) is 0. The number of rotatable bonds is 9. The third kappa shape index (κ3) is 11.0. The molecule has 0 aliphatic carbocycles. The number of halogens is 1. The molecule has 5 heteroatoms. The quantitative estimate of drug-likeness (QED) is 0.255. The van der Waals surface area contributed by atoms with Crippen molar-refractivity contribution in [3.63, 3.8) is 0 Å². The van der Waals surface area contributed by atoms with Crippen LogP contribution in [0.3, 0.4) is 0 Å². The van der Waals surface area contributed by atoms with E-state index in [1.54, 1.807) is 0 Å².